The second-order valence-corrected chi connectivity index (χ2v) is 9.23. The Morgan fingerprint density at radius 3 is 2.32 bits per heavy atom. The minimum Gasteiger partial charge on any atom is -0.338 e. The monoisotopic (exact) mass is 404 g/mol. The molecule has 0 aromatic heterocycles. The van der Waals surface area contributed by atoms with Crippen molar-refractivity contribution in [2.75, 3.05) is 19.6 Å². The molecule has 0 saturated carbocycles. The van der Waals surface area contributed by atoms with Crippen LogP contribution in [0.4, 0.5) is 9.18 Å². The normalized spacial score (nSPS) is 15.4. The molecule has 7 heteroatoms. The average Bonchev–Trinajstić information content (AvgIpc) is 2.72. The Balaban J connectivity index is 1.44. The molecule has 0 aliphatic carbocycles. The Hall–Kier alpha value is -2.41. The molecule has 0 radical (unpaired) electrons. The van der Waals surface area contributed by atoms with Crippen LogP contribution in [0.5, 0.6) is 0 Å². The van der Waals surface area contributed by atoms with Crippen molar-refractivity contribution in [1.82, 2.24) is 10.2 Å². The standard InChI is InChI=1S/C21H25FN2O3S/c22-18-8-10-19(11-9-18)28(26,27)20-12-15-24(16-13-20)21(25)23-14-4-7-17-5-2-1-3-6-17/h1-3,5-6,8-11,20H,4,7,12-16H2,(H,23,25). The summed E-state index contributed by atoms with van der Waals surface area (Å²) in [6, 6.07) is 14.9. The van der Waals surface area contributed by atoms with Crippen molar-refractivity contribution < 1.29 is 17.6 Å². The third-order valence-corrected chi connectivity index (χ3v) is 7.35. The predicted molar refractivity (Wildman–Crippen MR) is 106 cm³/mol. The Morgan fingerprint density at radius 1 is 1.04 bits per heavy atom. The van der Waals surface area contributed by atoms with Crippen molar-refractivity contribution in [3.05, 3.63) is 66.0 Å². The lowest BCUT2D eigenvalue weighted by atomic mass is 10.1. The summed E-state index contributed by atoms with van der Waals surface area (Å²) >= 11 is 0. The zero-order chi connectivity index (χ0) is 20.0. The van der Waals surface area contributed by atoms with Gasteiger partial charge < -0.3 is 10.2 Å². The number of likely N-dealkylation sites (tertiary alicyclic amines) is 1. The van der Waals surface area contributed by atoms with Gasteiger partial charge in [0, 0.05) is 19.6 Å². The van der Waals surface area contributed by atoms with E-state index in [-0.39, 0.29) is 10.9 Å². The molecule has 1 aliphatic rings. The SMILES string of the molecule is O=C(NCCCc1ccccc1)N1CCC(S(=O)(=O)c2ccc(F)cc2)CC1. The highest BCUT2D eigenvalue weighted by atomic mass is 32.2. The molecular weight excluding hydrogens is 379 g/mol. The molecule has 0 atom stereocenters. The number of rotatable bonds is 6. The van der Waals surface area contributed by atoms with E-state index < -0.39 is 20.9 Å². The van der Waals surface area contributed by atoms with Crippen LogP contribution in [0.25, 0.3) is 0 Å². The summed E-state index contributed by atoms with van der Waals surface area (Å²) in [4.78, 5) is 14.1. The Morgan fingerprint density at radius 2 is 1.68 bits per heavy atom. The van der Waals surface area contributed by atoms with Crippen LogP contribution in [0, 0.1) is 5.82 Å². The first kappa shape index (κ1) is 20.3. The first-order valence-electron chi connectivity index (χ1n) is 9.53. The summed E-state index contributed by atoms with van der Waals surface area (Å²) in [6.07, 6.45) is 2.53. The molecule has 150 valence electrons. The smallest absolute Gasteiger partial charge is 0.317 e. The molecule has 0 spiro atoms. The quantitative estimate of drug-likeness (QED) is 0.593. The summed E-state index contributed by atoms with van der Waals surface area (Å²) in [5.74, 6) is -0.460. The van der Waals surface area contributed by atoms with Crippen molar-refractivity contribution >= 4 is 15.9 Å². The van der Waals surface area contributed by atoms with Crippen molar-refractivity contribution in [3.63, 3.8) is 0 Å². The third kappa shape index (κ3) is 5.10. The first-order chi connectivity index (χ1) is 13.5. The van der Waals surface area contributed by atoms with Crippen molar-refractivity contribution in [1.29, 1.82) is 0 Å². The fourth-order valence-electron chi connectivity index (χ4n) is 3.43. The minimum absolute atomic E-state index is 0.137. The average molecular weight is 405 g/mol. The molecule has 1 N–H and O–H groups in total. The van der Waals surface area contributed by atoms with Crippen LogP contribution >= 0.6 is 0 Å². The van der Waals surface area contributed by atoms with Gasteiger partial charge in [-0.1, -0.05) is 30.3 Å². The van der Waals surface area contributed by atoms with Crippen LogP contribution in [0.3, 0.4) is 0 Å². The van der Waals surface area contributed by atoms with Crippen LogP contribution in [-0.4, -0.2) is 44.2 Å². The fraction of sp³-hybridized carbons (Fsp3) is 0.381. The third-order valence-electron chi connectivity index (χ3n) is 5.07. The highest BCUT2D eigenvalue weighted by Crippen LogP contribution is 2.24. The highest BCUT2D eigenvalue weighted by Gasteiger charge is 2.32. The maximum absolute atomic E-state index is 13.0. The van der Waals surface area contributed by atoms with Gasteiger partial charge in [0.2, 0.25) is 0 Å². The van der Waals surface area contributed by atoms with E-state index in [0.29, 0.717) is 32.5 Å². The van der Waals surface area contributed by atoms with Crippen LogP contribution < -0.4 is 5.32 Å². The van der Waals surface area contributed by atoms with Gasteiger partial charge >= 0.3 is 6.03 Å². The van der Waals surface area contributed by atoms with Gasteiger partial charge in [-0.2, -0.15) is 0 Å². The topological polar surface area (TPSA) is 66.5 Å². The number of sulfone groups is 1. The summed E-state index contributed by atoms with van der Waals surface area (Å²) in [7, 11) is -3.50. The van der Waals surface area contributed by atoms with E-state index in [1.165, 1.54) is 17.7 Å². The van der Waals surface area contributed by atoms with Crippen molar-refractivity contribution in [3.8, 4) is 0 Å². The van der Waals surface area contributed by atoms with E-state index in [0.717, 1.165) is 25.0 Å². The second-order valence-electron chi connectivity index (χ2n) is 7.01. The highest BCUT2D eigenvalue weighted by molar-refractivity contribution is 7.92. The number of urea groups is 1. The Bertz CT molecular complexity index is 878. The van der Waals surface area contributed by atoms with E-state index in [4.69, 9.17) is 0 Å². The molecule has 0 unspecified atom stereocenters. The summed E-state index contributed by atoms with van der Waals surface area (Å²) in [5, 5.41) is 2.37. The number of hydrogen-bond acceptors (Lipinski definition) is 3. The molecule has 5 nitrogen and oxygen atoms in total. The fourth-order valence-corrected chi connectivity index (χ4v) is 5.16. The van der Waals surface area contributed by atoms with E-state index in [2.05, 4.69) is 17.4 Å². The first-order valence-corrected chi connectivity index (χ1v) is 11.1. The van der Waals surface area contributed by atoms with Gasteiger partial charge in [-0.3, -0.25) is 0 Å². The summed E-state index contributed by atoms with van der Waals surface area (Å²) in [5.41, 5.74) is 1.24. The largest absolute Gasteiger partial charge is 0.338 e. The Labute approximate surface area is 165 Å². The molecule has 2 amide bonds. The number of carbonyl (C=O) groups excluding carboxylic acids is 1. The molecule has 1 heterocycles. The number of amides is 2. The van der Waals surface area contributed by atoms with Gasteiger partial charge in [-0.05, 0) is 55.5 Å². The van der Waals surface area contributed by atoms with E-state index in [1.54, 1.807) is 4.90 Å². The number of carbonyl (C=O) groups is 1. The van der Waals surface area contributed by atoms with Crippen LogP contribution in [0.1, 0.15) is 24.8 Å². The van der Waals surface area contributed by atoms with Gasteiger partial charge in [0.05, 0.1) is 10.1 Å². The maximum atomic E-state index is 13.0. The lowest BCUT2D eigenvalue weighted by molar-refractivity contribution is 0.187. The number of nitrogens with one attached hydrogen (secondary N) is 1. The number of piperidine rings is 1. The van der Waals surface area contributed by atoms with Crippen LogP contribution in [0.15, 0.2) is 59.5 Å². The molecular formula is C21H25FN2O3S. The lowest BCUT2D eigenvalue weighted by Crippen LogP contribution is -2.47. The van der Waals surface area contributed by atoms with E-state index in [1.807, 2.05) is 18.2 Å². The zero-order valence-electron chi connectivity index (χ0n) is 15.7. The van der Waals surface area contributed by atoms with Crippen LogP contribution in [-0.2, 0) is 16.3 Å². The number of hydrogen-bond donors (Lipinski definition) is 1. The molecule has 2 aromatic carbocycles. The van der Waals surface area contributed by atoms with Crippen molar-refractivity contribution in [2.24, 2.45) is 0 Å². The minimum atomic E-state index is -3.50. The number of aryl methyl sites for hydroxylation is 1. The second kappa shape index (κ2) is 9.19. The Kier molecular flexibility index (Phi) is 6.67. The summed E-state index contributed by atoms with van der Waals surface area (Å²) in [6.45, 7) is 1.38. The van der Waals surface area contributed by atoms with Crippen molar-refractivity contribution in [2.45, 2.75) is 35.8 Å². The lowest BCUT2D eigenvalue weighted by Gasteiger charge is -2.31. The molecule has 1 fully saturated rings. The van der Waals surface area contributed by atoms with E-state index >= 15 is 0 Å². The van der Waals surface area contributed by atoms with Gasteiger partial charge in [0.25, 0.3) is 0 Å². The number of nitrogens with zero attached hydrogens (tertiary/aromatic N) is 1. The molecule has 2 aromatic rings. The molecule has 1 saturated heterocycles. The maximum Gasteiger partial charge on any atom is 0.317 e. The van der Waals surface area contributed by atoms with Gasteiger partial charge in [-0.15, -0.1) is 0 Å². The summed E-state index contributed by atoms with van der Waals surface area (Å²) < 4.78 is 38.4. The molecule has 0 bridgehead atoms. The molecule has 3 rings (SSSR count). The van der Waals surface area contributed by atoms with Crippen LogP contribution in [0.2, 0.25) is 0 Å². The number of halogens is 1. The molecule has 28 heavy (non-hydrogen) atoms. The molecule has 1 aliphatic heterocycles. The van der Waals surface area contributed by atoms with Gasteiger partial charge in [0.15, 0.2) is 9.84 Å². The van der Waals surface area contributed by atoms with Gasteiger partial charge in [0.1, 0.15) is 5.82 Å². The predicted octanol–water partition coefficient (Wildman–Crippen LogP) is 3.41. The number of benzene rings is 2. The zero-order valence-corrected chi connectivity index (χ0v) is 16.5. The van der Waals surface area contributed by atoms with Gasteiger partial charge in [-0.25, -0.2) is 17.6 Å². The van der Waals surface area contributed by atoms with E-state index in [9.17, 15) is 17.6 Å².